The van der Waals surface area contributed by atoms with E-state index >= 15 is 0 Å². The van der Waals surface area contributed by atoms with Gasteiger partial charge in [-0.1, -0.05) is 24.3 Å². The molecule has 0 unspecified atom stereocenters. The minimum absolute atomic E-state index is 0.00185. The van der Waals surface area contributed by atoms with Crippen LogP contribution in [0.4, 0.5) is 11.6 Å². The lowest BCUT2D eigenvalue weighted by atomic mass is 9.82. The second kappa shape index (κ2) is 6.05. The fourth-order valence-electron chi connectivity index (χ4n) is 2.81. The second-order valence-electron chi connectivity index (χ2n) is 5.41. The maximum atomic E-state index is 12.9. The van der Waals surface area contributed by atoms with Crippen molar-refractivity contribution in [2.75, 3.05) is 5.32 Å². The number of halogens is 2. The summed E-state index contributed by atoms with van der Waals surface area (Å²) in [5.41, 5.74) is 0.685. The second-order valence-corrected chi connectivity index (χ2v) is 6.08. The van der Waals surface area contributed by atoms with Gasteiger partial charge >= 0.3 is 0 Å². The average molecular weight is 387 g/mol. The Labute approximate surface area is 156 Å². The number of phenols is 1. The fourth-order valence-corrected chi connectivity index (χ4v) is 3.18. The zero-order valence-corrected chi connectivity index (χ0v) is 14.3. The first kappa shape index (κ1) is 16.4. The predicted octanol–water partition coefficient (Wildman–Crippen LogP) is 3.40. The molecule has 0 aliphatic heterocycles. The van der Waals surface area contributed by atoms with Crippen molar-refractivity contribution in [1.82, 2.24) is 15.0 Å². The van der Waals surface area contributed by atoms with Crippen LogP contribution in [0, 0.1) is 0 Å². The standard InChI is InChI=1S/C17H8Cl2N4O3/c18-15-21-16(19)23-17(22-15)20-9-5-6-10(24)12-11(9)13(25)7-3-1-2-4-8(7)14(12)26/h1-6,24H,(H,20,21,22,23). The molecule has 0 fully saturated rings. The molecule has 0 spiro atoms. The lowest BCUT2D eigenvalue weighted by molar-refractivity contribution is 0.0977. The summed E-state index contributed by atoms with van der Waals surface area (Å²) in [6.45, 7) is 0. The van der Waals surface area contributed by atoms with Crippen LogP contribution in [0.3, 0.4) is 0 Å². The minimum Gasteiger partial charge on any atom is -0.507 e. The Bertz CT molecular complexity index is 1080. The first-order chi connectivity index (χ1) is 12.5. The summed E-state index contributed by atoms with van der Waals surface area (Å²) in [6, 6.07) is 9.18. The number of carbonyl (C=O) groups excluding carboxylic acids is 2. The van der Waals surface area contributed by atoms with Crippen LogP contribution in [0.2, 0.25) is 10.6 Å². The normalized spacial score (nSPS) is 12.5. The first-order valence-corrected chi connectivity index (χ1v) is 8.10. The molecule has 4 rings (SSSR count). The van der Waals surface area contributed by atoms with E-state index in [1.54, 1.807) is 24.3 Å². The number of fused-ring (bicyclic) bond motifs is 2. The highest BCUT2D eigenvalue weighted by molar-refractivity contribution is 6.32. The Morgan fingerprint density at radius 2 is 1.38 bits per heavy atom. The van der Waals surface area contributed by atoms with E-state index in [1.165, 1.54) is 12.1 Å². The maximum absolute atomic E-state index is 12.9. The van der Waals surface area contributed by atoms with E-state index in [-0.39, 0.29) is 50.2 Å². The van der Waals surface area contributed by atoms with Crippen molar-refractivity contribution in [3.63, 3.8) is 0 Å². The number of nitrogens with zero attached hydrogens (tertiary/aromatic N) is 3. The summed E-state index contributed by atoms with van der Waals surface area (Å²) in [5.74, 6) is -1.13. The molecule has 2 aromatic carbocycles. The number of anilines is 2. The highest BCUT2D eigenvalue weighted by Gasteiger charge is 2.34. The SMILES string of the molecule is O=C1c2ccccc2C(=O)c2c(Nc3nc(Cl)nc(Cl)n3)ccc(O)c21. The number of aromatic nitrogens is 3. The third kappa shape index (κ3) is 2.58. The van der Waals surface area contributed by atoms with E-state index < -0.39 is 11.6 Å². The number of rotatable bonds is 2. The molecule has 9 heteroatoms. The van der Waals surface area contributed by atoms with Gasteiger partial charge in [-0.15, -0.1) is 0 Å². The average Bonchev–Trinajstić information content (AvgIpc) is 2.60. The van der Waals surface area contributed by atoms with E-state index in [2.05, 4.69) is 20.3 Å². The molecule has 1 aromatic heterocycles. The van der Waals surface area contributed by atoms with Crippen molar-refractivity contribution in [3.8, 4) is 5.75 Å². The van der Waals surface area contributed by atoms with Gasteiger partial charge in [-0.2, -0.15) is 15.0 Å². The van der Waals surface area contributed by atoms with Crippen LogP contribution in [-0.2, 0) is 0 Å². The lowest BCUT2D eigenvalue weighted by Gasteiger charge is -2.21. The van der Waals surface area contributed by atoms with Crippen molar-refractivity contribution in [2.45, 2.75) is 0 Å². The summed E-state index contributed by atoms with van der Waals surface area (Å²) >= 11 is 11.5. The summed E-state index contributed by atoms with van der Waals surface area (Å²) in [5, 5.41) is 12.7. The number of ketones is 2. The molecule has 0 radical (unpaired) electrons. The van der Waals surface area contributed by atoms with Gasteiger partial charge in [0.2, 0.25) is 16.5 Å². The lowest BCUT2D eigenvalue weighted by Crippen LogP contribution is -2.22. The zero-order valence-electron chi connectivity index (χ0n) is 12.8. The highest BCUT2D eigenvalue weighted by atomic mass is 35.5. The molecule has 7 nitrogen and oxygen atoms in total. The number of nitrogens with one attached hydrogen (secondary N) is 1. The molecule has 1 aliphatic carbocycles. The van der Waals surface area contributed by atoms with Gasteiger partial charge in [0.1, 0.15) is 5.75 Å². The monoisotopic (exact) mass is 386 g/mol. The van der Waals surface area contributed by atoms with Gasteiger partial charge in [-0.3, -0.25) is 9.59 Å². The number of hydrogen-bond acceptors (Lipinski definition) is 7. The molecule has 128 valence electrons. The number of carbonyl (C=O) groups is 2. The van der Waals surface area contributed by atoms with Crippen molar-refractivity contribution in [3.05, 3.63) is 69.2 Å². The summed E-state index contributed by atoms with van der Waals surface area (Å²) < 4.78 is 0. The van der Waals surface area contributed by atoms with Crippen LogP contribution < -0.4 is 5.32 Å². The Balaban J connectivity index is 1.89. The van der Waals surface area contributed by atoms with Gasteiger partial charge in [0, 0.05) is 11.1 Å². The van der Waals surface area contributed by atoms with Crippen molar-refractivity contribution in [1.29, 1.82) is 0 Å². The van der Waals surface area contributed by atoms with E-state index in [0.29, 0.717) is 0 Å². The third-order valence-electron chi connectivity index (χ3n) is 3.88. The Morgan fingerprint density at radius 3 is 2.00 bits per heavy atom. The topological polar surface area (TPSA) is 105 Å². The van der Waals surface area contributed by atoms with Crippen LogP contribution in [-0.4, -0.2) is 31.6 Å². The van der Waals surface area contributed by atoms with Crippen LogP contribution in [0.1, 0.15) is 31.8 Å². The molecular weight excluding hydrogens is 379 g/mol. The zero-order chi connectivity index (χ0) is 18.4. The van der Waals surface area contributed by atoms with Crippen molar-refractivity contribution in [2.24, 2.45) is 0 Å². The van der Waals surface area contributed by atoms with Crippen molar-refractivity contribution >= 4 is 46.4 Å². The summed E-state index contributed by atoms with van der Waals surface area (Å²) in [7, 11) is 0. The molecule has 0 bridgehead atoms. The van der Waals surface area contributed by atoms with Gasteiger partial charge in [0.15, 0.2) is 11.6 Å². The first-order valence-electron chi connectivity index (χ1n) is 7.34. The Morgan fingerprint density at radius 1 is 0.808 bits per heavy atom. The van der Waals surface area contributed by atoms with Crippen LogP contribution in [0.15, 0.2) is 36.4 Å². The molecule has 0 atom stereocenters. The van der Waals surface area contributed by atoms with E-state index in [1.807, 2.05) is 0 Å². The fraction of sp³-hybridized carbons (Fsp3) is 0. The predicted molar refractivity (Wildman–Crippen MR) is 94.5 cm³/mol. The van der Waals surface area contributed by atoms with Crippen LogP contribution >= 0.6 is 23.2 Å². The van der Waals surface area contributed by atoms with Gasteiger partial charge < -0.3 is 10.4 Å². The third-order valence-corrected chi connectivity index (χ3v) is 4.22. The summed E-state index contributed by atoms with van der Waals surface area (Å²) in [4.78, 5) is 37.1. The molecule has 1 heterocycles. The largest absolute Gasteiger partial charge is 0.507 e. The number of hydrogen-bond donors (Lipinski definition) is 2. The molecule has 3 aromatic rings. The van der Waals surface area contributed by atoms with Crippen LogP contribution in [0.5, 0.6) is 5.75 Å². The smallest absolute Gasteiger partial charge is 0.232 e. The molecule has 0 amide bonds. The van der Waals surface area contributed by atoms with Gasteiger partial charge in [0.05, 0.1) is 16.8 Å². The van der Waals surface area contributed by atoms with E-state index in [0.717, 1.165) is 0 Å². The molecule has 26 heavy (non-hydrogen) atoms. The molecule has 1 aliphatic rings. The molecule has 0 saturated carbocycles. The highest BCUT2D eigenvalue weighted by Crippen LogP contribution is 2.37. The quantitative estimate of drug-likeness (QED) is 0.508. The van der Waals surface area contributed by atoms with Gasteiger partial charge in [0.25, 0.3) is 0 Å². The van der Waals surface area contributed by atoms with Gasteiger partial charge in [-0.25, -0.2) is 0 Å². The number of aromatic hydroxyl groups is 1. The molecule has 0 saturated heterocycles. The van der Waals surface area contributed by atoms with Gasteiger partial charge in [-0.05, 0) is 35.3 Å². The maximum Gasteiger partial charge on any atom is 0.232 e. The summed E-state index contributed by atoms with van der Waals surface area (Å²) in [6.07, 6.45) is 0. The number of benzene rings is 2. The molecule has 2 N–H and O–H groups in total. The Hall–Kier alpha value is -3.03. The van der Waals surface area contributed by atoms with E-state index in [9.17, 15) is 14.7 Å². The van der Waals surface area contributed by atoms with E-state index in [4.69, 9.17) is 23.2 Å². The van der Waals surface area contributed by atoms with Crippen LogP contribution in [0.25, 0.3) is 0 Å². The Kier molecular flexibility index (Phi) is 3.82. The van der Waals surface area contributed by atoms with Crippen molar-refractivity contribution < 1.29 is 14.7 Å². The number of phenolic OH excluding ortho intramolecular Hbond substituents is 1. The molecular formula is C17H8Cl2N4O3. The minimum atomic E-state index is -0.442.